The Kier molecular flexibility index (Phi) is 18.8. The van der Waals surface area contributed by atoms with Gasteiger partial charge in [-0.1, -0.05) is 54.4 Å². The third-order valence-electron chi connectivity index (χ3n) is 3.45. The van der Waals surface area contributed by atoms with Crippen LogP contribution in [0.4, 0.5) is 0 Å². The molecule has 0 saturated carbocycles. The van der Waals surface area contributed by atoms with Gasteiger partial charge in [0.15, 0.2) is 0 Å². The van der Waals surface area contributed by atoms with E-state index in [1.165, 1.54) is 25.7 Å². The highest BCUT2D eigenvalue weighted by atomic mass is 16.5. The minimum absolute atomic E-state index is 0.0278. The van der Waals surface area contributed by atoms with Gasteiger partial charge in [0.1, 0.15) is 0 Å². The minimum atomic E-state index is 0.0278. The first-order valence-corrected chi connectivity index (χ1v) is 8.89. The zero-order chi connectivity index (χ0) is 17.4. The average molecular weight is 321 g/mol. The quantitative estimate of drug-likeness (QED) is 0.539. The van der Waals surface area contributed by atoms with Crippen LogP contribution in [0.2, 0.25) is 0 Å². The Hall–Kier alpha value is -0.160. The lowest BCUT2D eigenvalue weighted by Gasteiger charge is -2.29. The first-order chi connectivity index (χ1) is 10.4. The Morgan fingerprint density at radius 2 is 1.09 bits per heavy atom. The van der Waals surface area contributed by atoms with Gasteiger partial charge in [-0.3, -0.25) is 0 Å². The first-order valence-electron chi connectivity index (χ1n) is 8.89. The molecule has 0 rings (SSSR count). The molecule has 0 amide bonds. The van der Waals surface area contributed by atoms with Crippen molar-refractivity contribution in [3.63, 3.8) is 0 Å². The number of rotatable bonds is 12. The SMILES string of the molecule is CCCC(OC(CCC)C(C)C)C(C)C.OCCOCCO. The van der Waals surface area contributed by atoms with Gasteiger partial charge in [-0.25, -0.2) is 0 Å². The fraction of sp³-hybridized carbons (Fsp3) is 1.00. The third-order valence-corrected chi connectivity index (χ3v) is 3.45. The molecule has 0 bridgehead atoms. The van der Waals surface area contributed by atoms with Crippen LogP contribution >= 0.6 is 0 Å². The van der Waals surface area contributed by atoms with Crippen LogP contribution in [0.25, 0.3) is 0 Å². The van der Waals surface area contributed by atoms with E-state index in [1.54, 1.807) is 0 Å². The molecule has 4 nitrogen and oxygen atoms in total. The van der Waals surface area contributed by atoms with Gasteiger partial charge in [0.2, 0.25) is 0 Å². The van der Waals surface area contributed by atoms with E-state index < -0.39 is 0 Å². The maximum Gasteiger partial charge on any atom is 0.0698 e. The predicted octanol–water partition coefficient (Wildman–Crippen LogP) is 3.64. The summed E-state index contributed by atoms with van der Waals surface area (Å²) in [5.74, 6) is 1.28. The van der Waals surface area contributed by atoms with Crippen LogP contribution in [0.15, 0.2) is 0 Å². The van der Waals surface area contributed by atoms with Gasteiger partial charge in [-0.05, 0) is 24.7 Å². The topological polar surface area (TPSA) is 58.9 Å². The van der Waals surface area contributed by atoms with Gasteiger partial charge in [-0.15, -0.1) is 0 Å². The molecule has 136 valence electrons. The van der Waals surface area contributed by atoms with Gasteiger partial charge < -0.3 is 19.7 Å². The van der Waals surface area contributed by atoms with E-state index in [2.05, 4.69) is 46.3 Å². The zero-order valence-corrected chi connectivity index (χ0v) is 15.7. The summed E-state index contributed by atoms with van der Waals surface area (Å²) >= 11 is 0. The van der Waals surface area contributed by atoms with Crippen molar-refractivity contribution in [2.45, 2.75) is 79.4 Å². The Morgan fingerprint density at radius 1 is 0.727 bits per heavy atom. The molecule has 0 aliphatic rings. The van der Waals surface area contributed by atoms with Gasteiger partial charge in [0, 0.05) is 0 Å². The molecule has 4 heteroatoms. The molecule has 0 saturated heterocycles. The van der Waals surface area contributed by atoms with E-state index in [0.29, 0.717) is 37.3 Å². The summed E-state index contributed by atoms with van der Waals surface area (Å²) in [6.07, 6.45) is 5.75. The van der Waals surface area contributed by atoms with Crippen LogP contribution in [0.1, 0.15) is 67.2 Å². The molecular formula is C18H40O4. The van der Waals surface area contributed by atoms with Crippen LogP contribution in [-0.4, -0.2) is 48.8 Å². The van der Waals surface area contributed by atoms with Crippen molar-refractivity contribution >= 4 is 0 Å². The van der Waals surface area contributed by atoms with Gasteiger partial charge in [0.25, 0.3) is 0 Å². The van der Waals surface area contributed by atoms with Crippen molar-refractivity contribution in [1.29, 1.82) is 0 Å². The fourth-order valence-electron chi connectivity index (χ4n) is 2.14. The molecule has 0 aromatic rings. The van der Waals surface area contributed by atoms with Crippen LogP contribution in [0.5, 0.6) is 0 Å². The molecular weight excluding hydrogens is 280 g/mol. The Balaban J connectivity index is 0. The highest BCUT2D eigenvalue weighted by molar-refractivity contribution is 4.68. The third kappa shape index (κ3) is 14.8. The van der Waals surface area contributed by atoms with Crippen molar-refractivity contribution in [3.05, 3.63) is 0 Å². The van der Waals surface area contributed by atoms with Crippen molar-refractivity contribution in [1.82, 2.24) is 0 Å². The Bertz CT molecular complexity index is 187. The smallest absolute Gasteiger partial charge is 0.0698 e. The van der Waals surface area contributed by atoms with Crippen LogP contribution in [-0.2, 0) is 9.47 Å². The fourth-order valence-corrected chi connectivity index (χ4v) is 2.14. The lowest BCUT2D eigenvalue weighted by Crippen LogP contribution is -2.29. The lowest BCUT2D eigenvalue weighted by molar-refractivity contribution is -0.0636. The van der Waals surface area contributed by atoms with E-state index in [9.17, 15) is 0 Å². The van der Waals surface area contributed by atoms with E-state index in [4.69, 9.17) is 14.9 Å². The molecule has 2 atom stereocenters. The summed E-state index contributed by atoms with van der Waals surface area (Å²) in [7, 11) is 0. The second-order valence-electron chi connectivity index (χ2n) is 6.34. The normalized spacial score (nSPS) is 13.9. The van der Waals surface area contributed by atoms with Gasteiger partial charge >= 0.3 is 0 Å². The number of hydrogen-bond acceptors (Lipinski definition) is 4. The summed E-state index contributed by atoms with van der Waals surface area (Å²) < 4.78 is 10.9. The molecule has 2 N–H and O–H groups in total. The molecule has 22 heavy (non-hydrogen) atoms. The van der Waals surface area contributed by atoms with Crippen molar-refractivity contribution in [2.75, 3.05) is 26.4 Å². The lowest BCUT2D eigenvalue weighted by atomic mass is 9.99. The van der Waals surface area contributed by atoms with Crippen LogP contribution in [0.3, 0.4) is 0 Å². The molecule has 0 aromatic heterocycles. The monoisotopic (exact) mass is 320 g/mol. The van der Waals surface area contributed by atoms with E-state index >= 15 is 0 Å². The largest absolute Gasteiger partial charge is 0.394 e. The Labute approximate surface area is 138 Å². The van der Waals surface area contributed by atoms with E-state index in [1.807, 2.05) is 0 Å². The number of aliphatic hydroxyl groups excluding tert-OH is 2. The molecule has 0 fully saturated rings. The van der Waals surface area contributed by atoms with E-state index in [0.717, 1.165) is 0 Å². The molecule has 0 spiro atoms. The average Bonchev–Trinajstić information content (AvgIpc) is 2.47. The standard InChI is InChI=1S/C14H30O.C4H10O3/c1-7-9-13(11(3)4)15-14(10-8-2)12(5)6;5-1-3-7-4-2-6/h11-14H,7-10H2,1-6H3;5-6H,1-4H2. The maximum absolute atomic E-state index is 8.09. The summed E-state index contributed by atoms with van der Waals surface area (Å²) in [4.78, 5) is 0. The minimum Gasteiger partial charge on any atom is -0.394 e. The Morgan fingerprint density at radius 3 is 1.32 bits per heavy atom. The number of hydrogen-bond donors (Lipinski definition) is 2. The predicted molar refractivity (Wildman–Crippen MR) is 93.1 cm³/mol. The van der Waals surface area contributed by atoms with Crippen LogP contribution < -0.4 is 0 Å². The molecule has 2 unspecified atom stereocenters. The highest BCUT2D eigenvalue weighted by Crippen LogP contribution is 2.21. The second-order valence-corrected chi connectivity index (χ2v) is 6.34. The van der Waals surface area contributed by atoms with Crippen molar-refractivity contribution in [3.8, 4) is 0 Å². The maximum atomic E-state index is 8.09. The number of ether oxygens (including phenoxy) is 2. The molecule has 0 aliphatic heterocycles. The summed E-state index contributed by atoms with van der Waals surface area (Å²) in [6, 6.07) is 0. The molecule has 0 aliphatic carbocycles. The zero-order valence-electron chi connectivity index (χ0n) is 15.7. The number of aliphatic hydroxyl groups is 2. The van der Waals surface area contributed by atoms with Crippen molar-refractivity contribution in [2.24, 2.45) is 11.8 Å². The van der Waals surface area contributed by atoms with Gasteiger partial charge in [0.05, 0.1) is 38.6 Å². The highest BCUT2D eigenvalue weighted by Gasteiger charge is 2.20. The van der Waals surface area contributed by atoms with Crippen molar-refractivity contribution < 1.29 is 19.7 Å². The molecule has 0 heterocycles. The van der Waals surface area contributed by atoms with Gasteiger partial charge in [-0.2, -0.15) is 0 Å². The first kappa shape index (κ1) is 24.1. The van der Waals surface area contributed by atoms with Crippen LogP contribution in [0, 0.1) is 11.8 Å². The molecule has 0 radical (unpaired) electrons. The molecule has 0 aromatic carbocycles. The van der Waals surface area contributed by atoms with E-state index in [-0.39, 0.29) is 13.2 Å². The summed E-state index contributed by atoms with van der Waals surface area (Å²) in [6.45, 7) is 14.2. The second kappa shape index (κ2) is 17.2. The summed E-state index contributed by atoms with van der Waals surface area (Å²) in [5.41, 5.74) is 0. The summed E-state index contributed by atoms with van der Waals surface area (Å²) in [5, 5.41) is 16.2.